The fourth-order valence-corrected chi connectivity index (χ4v) is 2.46. The number of anilines is 1. The number of Topliss-reactive ketones (excluding diaryl/α,β-unsaturated/α-hetero) is 1. The molecule has 20 heavy (non-hydrogen) atoms. The Morgan fingerprint density at radius 2 is 1.75 bits per heavy atom. The van der Waals surface area contributed by atoms with E-state index in [9.17, 15) is 9.59 Å². The smallest absolute Gasteiger partial charge is 0.261 e. The summed E-state index contributed by atoms with van der Waals surface area (Å²) >= 11 is 2.17. The summed E-state index contributed by atoms with van der Waals surface area (Å²) in [6, 6.07) is 7.57. The van der Waals surface area contributed by atoms with E-state index < -0.39 is 0 Å². The predicted molar refractivity (Wildman–Crippen MR) is 90.8 cm³/mol. The molecule has 0 unspecified atom stereocenters. The average Bonchev–Trinajstić information content (AvgIpc) is 2.46. The third kappa shape index (κ3) is 3.56. The van der Waals surface area contributed by atoms with Crippen LogP contribution in [0.3, 0.4) is 0 Å². The van der Waals surface area contributed by atoms with Gasteiger partial charge in [-0.2, -0.15) is 0 Å². The van der Waals surface area contributed by atoms with Crippen LogP contribution in [0.25, 0.3) is 0 Å². The number of rotatable bonds is 4. The van der Waals surface area contributed by atoms with Crippen LogP contribution in [0, 0.1) is 3.57 Å². The number of nitrogens with zero attached hydrogens (tertiary/aromatic N) is 1. The Labute approximate surface area is 133 Å². The lowest BCUT2D eigenvalue weighted by molar-refractivity contribution is -0.119. The summed E-state index contributed by atoms with van der Waals surface area (Å²) in [5, 5.41) is 0. The molecule has 0 saturated heterocycles. The third-order valence-corrected chi connectivity index (χ3v) is 3.99. The second kappa shape index (κ2) is 7.38. The molecule has 1 aromatic rings. The lowest BCUT2D eigenvalue weighted by atomic mass is 10.0. The molecule has 0 aliphatic rings. The van der Waals surface area contributed by atoms with Crippen molar-refractivity contribution in [2.24, 2.45) is 0 Å². The van der Waals surface area contributed by atoms with Gasteiger partial charge in [-0.05, 0) is 61.1 Å². The summed E-state index contributed by atoms with van der Waals surface area (Å²) in [4.78, 5) is 26.2. The summed E-state index contributed by atoms with van der Waals surface area (Å²) in [7, 11) is 1.68. The number of benzene rings is 1. The second-order valence-corrected chi connectivity index (χ2v) is 5.48. The van der Waals surface area contributed by atoms with Gasteiger partial charge in [0, 0.05) is 10.6 Å². The molecule has 0 aliphatic carbocycles. The standard InChI is InChI=1S/C16H18INO2/c1-5-11(3)15(19)12(6-2)16(20)18(4)14-10-8-7-9-13(14)17/h5-10H,1-4H3/b11-5+,12-6+. The van der Waals surface area contributed by atoms with E-state index in [0.717, 1.165) is 9.26 Å². The second-order valence-electron chi connectivity index (χ2n) is 4.32. The van der Waals surface area contributed by atoms with Crippen LogP contribution in [0.4, 0.5) is 5.69 Å². The molecule has 106 valence electrons. The van der Waals surface area contributed by atoms with Crippen molar-refractivity contribution in [2.45, 2.75) is 20.8 Å². The number of hydrogen-bond donors (Lipinski definition) is 0. The lowest BCUT2D eigenvalue weighted by Gasteiger charge is -2.20. The van der Waals surface area contributed by atoms with Gasteiger partial charge >= 0.3 is 0 Å². The van der Waals surface area contributed by atoms with Crippen molar-refractivity contribution in [1.29, 1.82) is 0 Å². The van der Waals surface area contributed by atoms with Gasteiger partial charge in [0.2, 0.25) is 0 Å². The maximum absolute atomic E-state index is 12.5. The van der Waals surface area contributed by atoms with E-state index in [-0.39, 0.29) is 17.3 Å². The maximum atomic E-state index is 12.5. The van der Waals surface area contributed by atoms with Gasteiger partial charge in [0.05, 0.1) is 11.3 Å². The lowest BCUT2D eigenvalue weighted by Crippen LogP contribution is -2.31. The fraction of sp³-hybridized carbons (Fsp3) is 0.250. The summed E-state index contributed by atoms with van der Waals surface area (Å²) in [5.74, 6) is -0.513. The Kier molecular flexibility index (Phi) is 6.13. The van der Waals surface area contributed by atoms with Crippen LogP contribution < -0.4 is 4.90 Å². The van der Waals surface area contributed by atoms with Crippen LogP contribution in [-0.4, -0.2) is 18.7 Å². The highest BCUT2D eigenvalue weighted by Crippen LogP contribution is 2.23. The van der Waals surface area contributed by atoms with E-state index in [0.29, 0.717) is 5.57 Å². The van der Waals surface area contributed by atoms with Gasteiger partial charge in [-0.25, -0.2) is 0 Å². The van der Waals surface area contributed by atoms with Crippen LogP contribution in [-0.2, 0) is 9.59 Å². The van der Waals surface area contributed by atoms with Gasteiger partial charge in [0.1, 0.15) is 0 Å². The molecule has 0 bridgehead atoms. The Bertz CT molecular complexity index is 588. The Morgan fingerprint density at radius 3 is 2.25 bits per heavy atom. The number of allylic oxidation sites excluding steroid dienone is 3. The summed E-state index contributed by atoms with van der Waals surface area (Å²) in [6.45, 7) is 5.21. The van der Waals surface area contributed by atoms with Gasteiger partial charge in [-0.3, -0.25) is 9.59 Å². The number of carbonyl (C=O) groups is 2. The Morgan fingerprint density at radius 1 is 1.15 bits per heavy atom. The van der Waals surface area contributed by atoms with Crippen LogP contribution in [0.5, 0.6) is 0 Å². The van der Waals surface area contributed by atoms with E-state index in [4.69, 9.17) is 0 Å². The number of ketones is 1. The molecule has 3 nitrogen and oxygen atoms in total. The van der Waals surface area contributed by atoms with E-state index in [1.165, 1.54) is 4.90 Å². The largest absolute Gasteiger partial charge is 0.310 e. The summed E-state index contributed by atoms with van der Waals surface area (Å²) in [6.07, 6.45) is 3.29. The third-order valence-electron chi connectivity index (χ3n) is 3.07. The van der Waals surface area contributed by atoms with Crippen LogP contribution in [0.2, 0.25) is 0 Å². The normalized spacial score (nSPS) is 12.2. The zero-order valence-electron chi connectivity index (χ0n) is 12.1. The highest BCUT2D eigenvalue weighted by atomic mass is 127. The van der Waals surface area contributed by atoms with Crippen molar-refractivity contribution < 1.29 is 9.59 Å². The monoisotopic (exact) mass is 383 g/mol. The van der Waals surface area contributed by atoms with Crippen LogP contribution >= 0.6 is 22.6 Å². The first-order chi connectivity index (χ1) is 9.43. The Hall–Kier alpha value is -1.43. The van der Waals surface area contributed by atoms with E-state index in [2.05, 4.69) is 22.6 Å². The molecule has 0 fully saturated rings. The quantitative estimate of drug-likeness (QED) is 0.344. The molecular weight excluding hydrogens is 365 g/mol. The molecule has 1 rings (SSSR count). The minimum Gasteiger partial charge on any atom is -0.310 e. The van der Waals surface area contributed by atoms with Gasteiger partial charge < -0.3 is 4.90 Å². The molecule has 0 spiro atoms. The molecule has 4 heteroatoms. The van der Waals surface area contributed by atoms with Gasteiger partial charge in [0.25, 0.3) is 5.91 Å². The van der Waals surface area contributed by atoms with Crippen molar-refractivity contribution in [1.82, 2.24) is 0 Å². The summed E-state index contributed by atoms with van der Waals surface area (Å²) in [5.41, 5.74) is 1.56. The van der Waals surface area contributed by atoms with Gasteiger partial charge in [0.15, 0.2) is 5.78 Å². The predicted octanol–water partition coefficient (Wildman–Crippen LogP) is 3.74. The fourth-order valence-electron chi connectivity index (χ4n) is 1.71. The molecule has 0 atom stereocenters. The Balaban J connectivity index is 3.11. The molecule has 0 aromatic heterocycles. The van der Waals surface area contributed by atoms with Crippen molar-refractivity contribution in [2.75, 3.05) is 11.9 Å². The zero-order chi connectivity index (χ0) is 15.3. The highest BCUT2D eigenvalue weighted by Gasteiger charge is 2.23. The molecule has 0 saturated carbocycles. The van der Waals surface area contributed by atoms with E-state index >= 15 is 0 Å². The molecule has 0 aliphatic heterocycles. The maximum Gasteiger partial charge on any atom is 0.261 e. The minimum absolute atomic E-state index is 0.197. The molecule has 1 amide bonds. The van der Waals surface area contributed by atoms with Crippen LogP contribution in [0.1, 0.15) is 20.8 Å². The van der Waals surface area contributed by atoms with E-state index in [1.54, 1.807) is 40.0 Å². The number of amides is 1. The molecular formula is C16H18INO2. The molecule has 1 aromatic carbocycles. The first-order valence-electron chi connectivity index (χ1n) is 6.30. The SMILES string of the molecule is C/C=C(\C)C(=O)/C(=C\C)C(=O)N(C)c1ccccc1I. The minimum atomic E-state index is -0.289. The highest BCUT2D eigenvalue weighted by molar-refractivity contribution is 14.1. The topological polar surface area (TPSA) is 37.4 Å². The van der Waals surface area contributed by atoms with Crippen molar-refractivity contribution in [3.8, 4) is 0 Å². The number of hydrogen-bond acceptors (Lipinski definition) is 2. The molecule has 0 N–H and O–H groups in total. The van der Waals surface area contributed by atoms with Crippen molar-refractivity contribution in [3.63, 3.8) is 0 Å². The van der Waals surface area contributed by atoms with E-state index in [1.807, 2.05) is 24.3 Å². The first kappa shape index (κ1) is 16.6. The number of halogens is 1. The van der Waals surface area contributed by atoms with Gasteiger partial charge in [-0.15, -0.1) is 0 Å². The number of carbonyl (C=O) groups excluding carboxylic acids is 2. The zero-order valence-corrected chi connectivity index (χ0v) is 14.3. The number of likely N-dealkylation sites (N-methyl/N-ethyl adjacent to an activating group) is 1. The van der Waals surface area contributed by atoms with Crippen LogP contribution in [0.15, 0.2) is 47.6 Å². The average molecular weight is 383 g/mol. The molecule has 0 heterocycles. The summed E-state index contributed by atoms with van der Waals surface area (Å²) < 4.78 is 0.964. The van der Waals surface area contributed by atoms with Gasteiger partial charge in [-0.1, -0.05) is 24.3 Å². The molecule has 0 radical (unpaired) electrons. The van der Waals surface area contributed by atoms with Crippen molar-refractivity contribution >= 4 is 40.0 Å². The number of para-hydroxylation sites is 1. The first-order valence-corrected chi connectivity index (χ1v) is 7.38. The van der Waals surface area contributed by atoms with Crippen molar-refractivity contribution in [3.05, 3.63) is 51.1 Å².